The molecule has 0 spiro atoms. The molecule has 0 saturated heterocycles. The topological polar surface area (TPSA) is 76.7 Å². The number of amides is 1. The SMILES string of the molecule is CC.CC/C=C(\C=C(/C)C(F)(F)F)NCC.CCCC(=O)Nc1cc2c(cc1C(C)=O)OCO2. The number of allylic oxidation sites excluding steroid dienone is 3. The lowest BCUT2D eigenvalue weighted by atomic mass is 10.1. The summed E-state index contributed by atoms with van der Waals surface area (Å²) in [5, 5.41) is 5.60. The number of fused-ring (bicyclic) bond motifs is 1. The fourth-order valence-electron chi connectivity index (χ4n) is 2.70. The number of ketones is 1. The van der Waals surface area contributed by atoms with Crippen molar-refractivity contribution in [2.75, 3.05) is 18.7 Å². The van der Waals surface area contributed by atoms with Gasteiger partial charge in [0.1, 0.15) is 0 Å². The number of rotatable bonds is 8. The lowest BCUT2D eigenvalue weighted by Crippen LogP contribution is -2.14. The molecular formula is C25H37F3N2O4. The van der Waals surface area contributed by atoms with E-state index in [1.165, 1.54) is 6.92 Å². The summed E-state index contributed by atoms with van der Waals surface area (Å²) in [4.78, 5) is 23.2. The summed E-state index contributed by atoms with van der Waals surface area (Å²) in [6.45, 7) is 12.9. The van der Waals surface area contributed by atoms with Crippen LogP contribution in [0.3, 0.4) is 0 Å². The van der Waals surface area contributed by atoms with E-state index in [0.29, 0.717) is 47.8 Å². The smallest absolute Gasteiger partial charge is 0.412 e. The van der Waals surface area contributed by atoms with E-state index in [0.717, 1.165) is 19.4 Å². The number of alkyl halides is 3. The second-order valence-corrected chi connectivity index (χ2v) is 7.03. The molecule has 2 N–H and O–H groups in total. The molecule has 0 atom stereocenters. The Morgan fingerprint density at radius 3 is 2.12 bits per heavy atom. The van der Waals surface area contributed by atoms with E-state index >= 15 is 0 Å². The van der Waals surface area contributed by atoms with E-state index in [-0.39, 0.29) is 18.5 Å². The molecule has 0 aliphatic carbocycles. The summed E-state index contributed by atoms with van der Waals surface area (Å²) in [6.07, 6.45) is 0.523. The first-order valence-corrected chi connectivity index (χ1v) is 11.5. The standard InChI is InChI=1S/C13H15NO4.C10H16F3N.C2H6/c1-3-4-13(16)14-10-6-12-11(17-7-18-12)5-9(10)8(2)15;1-4-6-9(14-5-2)7-8(3)10(11,12)13;1-2/h5-6H,3-4,7H2,1-2H3,(H,14,16);6-7,14H,4-5H2,1-3H3;1-2H3/b;8-7+,9-6+;. The molecule has 9 heteroatoms. The Labute approximate surface area is 200 Å². The molecule has 0 radical (unpaired) electrons. The largest absolute Gasteiger partial charge is 0.454 e. The molecule has 0 fully saturated rings. The minimum Gasteiger partial charge on any atom is -0.454 e. The van der Waals surface area contributed by atoms with E-state index in [2.05, 4.69) is 10.6 Å². The molecule has 1 aromatic carbocycles. The third kappa shape index (κ3) is 10.8. The summed E-state index contributed by atoms with van der Waals surface area (Å²) in [7, 11) is 0. The number of halogens is 3. The van der Waals surface area contributed by atoms with Gasteiger partial charge in [0.25, 0.3) is 0 Å². The van der Waals surface area contributed by atoms with Crippen molar-refractivity contribution in [3.8, 4) is 11.5 Å². The van der Waals surface area contributed by atoms with Crippen molar-refractivity contribution in [3.63, 3.8) is 0 Å². The van der Waals surface area contributed by atoms with Gasteiger partial charge in [-0.05, 0) is 45.8 Å². The second-order valence-electron chi connectivity index (χ2n) is 7.03. The third-order valence-electron chi connectivity index (χ3n) is 4.27. The Kier molecular flexibility index (Phi) is 14.4. The van der Waals surface area contributed by atoms with Crippen LogP contribution in [0, 0.1) is 0 Å². The molecule has 6 nitrogen and oxygen atoms in total. The molecule has 192 valence electrons. The maximum absolute atomic E-state index is 12.2. The van der Waals surface area contributed by atoms with Crippen LogP contribution < -0.4 is 20.1 Å². The Morgan fingerprint density at radius 1 is 1.06 bits per heavy atom. The predicted octanol–water partition coefficient (Wildman–Crippen LogP) is 6.78. The highest BCUT2D eigenvalue weighted by atomic mass is 19.4. The predicted molar refractivity (Wildman–Crippen MR) is 129 cm³/mol. The Bertz CT molecular complexity index is 862. The van der Waals surface area contributed by atoms with E-state index < -0.39 is 11.7 Å². The normalized spacial score (nSPS) is 12.6. The van der Waals surface area contributed by atoms with Crippen molar-refractivity contribution in [2.24, 2.45) is 0 Å². The van der Waals surface area contributed by atoms with Crippen molar-refractivity contribution in [2.45, 2.75) is 73.9 Å². The van der Waals surface area contributed by atoms with Crippen LogP contribution in [0.2, 0.25) is 0 Å². The van der Waals surface area contributed by atoms with Crippen molar-refractivity contribution < 1.29 is 32.2 Å². The molecule has 1 aliphatic heterocycles. The number of hydrogen-bond acceptors (Lipinski definition) is 5. The summed E-state index contributed by atoms with van der Waals surface area (Å²) in [6, 6.07) is 3.23. The van der Waals surface area contributed by atoms with Crippen LogP contribution in [0.1, 0.15) is 78.1 Å². The van der Waals surface area contributed by atoms with Crippen molar-refractivity contribution in [1.29, 1.82) is 0 Å². The summed E-state index contributed by atoms with van der Waals surface area (Å²) >= 11 is 0. The number of ether oxygens (including phenoxy) is 2. The zero-order valence-corrected chi connectivity index (χ0v) is 21.1. The van der Waals surface area contributed by atoms with Gasteiger partial charge in [0.05, 0.1) is 5.69 Å². The molecule has 1 heterocycles. The van der Waals surface area contributed by atoms with Crippen LogP contribution >= 0.6 is 0 Å². The minimum atomic E-state index is -4.23. The van der Waals surface area contributed by atoms with Gasteiger partial charge in [-0.2, -0.15) is 13.2 Å². The van der Waals surface area contributed by atoms with E-state index in [1.54, 1.807) is 18.2 Å². The summed E-state index contributed by atoms with van der Waals surface area (Å²) in [5.41, 5.74) is 0.858. The first kappa shape index (κ1) is 31.0. The second kappa shape index (κ2) is 15.8. The van der Waals surface area contributed by atoms with Crippen LogP contribution in [0.15, 0.2) is 35.6 Å². The van der Waals surface area contributed by atoms with Gasteiger partial charge >= 0.3 is 6.18 Å². The van der Waals surface area contributed by atoms with Crippen molar-refractivity contribution in [3.05, 3.63) is 41.1 Å². The lowest BCUT2D eigenvalue weighted by molar-refractivity contribution is -0.116. The molecule has 1 aromatic rings. The van der Waals surface area contributed by atoms with Crippen molar-refractivity contribution >= 4 is 17.4 Å². The van der Waals surface area contributed by atoms with Crippen LogP contribution in [0.25, 0.3) is 0 Å². The quantitative estimate of drug-likeness (QED) is 0.313. The molecule has 2 rings (SSSR count). The van der Waals surface area contributed by atoms with Gasteiger partial charge < -0.3 is 20.1 Å². The summed E-state index contributed by atoms with van der Waals surface area (Å²) < 4.78 is 46.9. The van der Waals surface area contributed by atoms with E-state index in [9.17, 15) is 22.8 Å². The zero-order valence-electron chi connectivity index (χ0n) is 21.1. The van der Waals surface area contributed by atoms with Gasteiger partial charge in [0.2, 0.25) is 12.7 Å². The highest BCUT2D eigenvalue weighted by Gasteiger charge is 2.29. The van der Waals surface area contributed by atoms with Crippen LogP contribution in [-0.2, 0) is 4.79 Å². The van der Waals surface area contributed by atoms with Crippen LogP contribution in [0.5, 0.6) is 11.5 Å². The average Bonchev–Trinajstić information content (AvgIpc) is 3.22. The van der Waals surface area contributed by atoms with Crippen LogP contribution in [0.4, 0.5) is 18.9 Å². The van der Waals surface area contributed by atoms with Gasteiger partial charge in [-0.3, -0.25) is 9.59 Å². The molecular weight excluding hydrogens is 449 g/mol. The summed E-state index contributed by atoms with van der Waals surface area (Å²) in [5.74, 6) is 0.847. The highest BCUT2D eigenvalue weighted by Crippen LogP contribution is 2.37. The Hall–Kier alpha value is -2.97. The van der Waals surface area contributed by atoms with Crippen LogP contribution in [-0.4, -0.2) is 31.2 Å². The number of hydrogen-bond donors (Lipinski definition) is 2. The van der Waals surface area contributed by atoms with Gasteiger partial charge in [0.15, 0.2) is 17.3 Å². The van der Waals surface area contributed by atoms with Gasteiger partial charge in [-0.15, -0.1) is 0 Å². The first-order valence-electron chi connectivity index (χ1n) is 11.5. The lowest BCUT2D eigenvalue weighted by Gasteiger charge is -2.10. The monoisotopic (exact) mass is 486 g/mol. The van der Waals surface area contributed by atoms with Gasteiger partial charge in [-0.1, -0.05) is 33.8 Å². The first-order chi connectivity index (χ1) is 16.0. The number of carbonyl (C=O) groups is 2. The number of likely N-dealkylation sites (N-methyl/N-ethyl adjacent to an activating group) is 1. The van der Waals surface area contributed by atoms with Crippen molar-refractivity contribution in [1.82, 2.24) is 5.32 Å². The van der Waals surface area contributed by atoms with E-state index in [1.807, 2.05) is 34.6 Å². The third-order valence-corrected chi connectivity index (χ3v) is 4.27. The maximum Gasteiger partial charge on any atom is 0.412 e. The molecule has 1 amide bonds. The van der Waals surface area contributed by atoms with Gasteiger partial charge in [0, 0.05) is 35.9 Å². The molecule has 1 aliphatic rings. The number of carbonyl (C=O) groups excluding carboxylic acids is 2. The molecule has 34 heavy (non-hydrogen) atoms. The fourth-order valence-corrected chi connectivity index (χ4v) is 2.70. The maximum atomic E-state index is 12.2. The Morgan fingerprint density at radius 2 is 1.65 bits per heavy atom. The molecule has 0 bridgehead atoms. The minimum absolute atomic E-state index is 0.112. The number of nitrogens with one attached hydrogen (secondary N) is 2. The number of benzene rings is 1. The highest BCUT2D eigenvalue weighted by molar-refractivity contribution is 6.04. The molecule has 0 aromatic heterocycles. The van der Waals surface area contributed by atoms with E-state index in [4.69, 9.17) is 9.47 Å². The fraction of sp³-hybridized carbons (Fsp3) is 0.520. The average molecular weight is 487 g/mol. The molecule has 0 saturated carbocycles. The number of anilines is 1. The zero-order chi connectivity index (χ0) is 26.3. The molecule has 0 unspecified atom stereocenters. The Balaban J connectivity index is 0.000000617. The van der Waals surface area contributed by atoms with Gasteiger partial charge in [-0.25, -0.2) is 0 Å². The number of Topliss-reactive ketones (excluding diaryl/α,β-unsaturated/α-hetero) is 1.